The van der Waals surface area contributed by atoms with Crippen molar-refractivity contribution in [1.29, 1.82) is 0 Å². The quantitative estimate of drug-likeness (QED) is 0.379. The van der Waals surface area contributed by atoms with Gasteiger partial charge in [-0.2, -0.15) is 0 Å². The Morgan fingerprint density at radius 3 is 1.42 bits per heavy atom. The van der Waals surface area contributed by atoms with Crippen molar-refractivity contribution in [2.75, 3.05) is 21.3 Å². The smallest absolute Gasteiger partial charge is 0.770 e. The molecule has 0 N–H and O–H groups in total. The van der Waals surface area contributed by atoms with Crippen molar-refractivity contribution in [1.82, 2.24) is 0 Å². The van der Waals surface area contributed by atoms with Crippen LogP contribution in [0.15, 0.2) is 0 Å². The summed E-state index contributed by atoms with van der Waals surface area (Å²) in [5.74, 6) is 0. The summed E-state index contributed by atoms with van der Waals surface area (Å²) in [5, 5.41) is 0. The van der Waals surface area contributed by atoms with E-state index < -0.39 is 14.6 Å². The first kappa shape index (κ1) is 15.4. The average molecular weight is 210 g/mol. The Hall–Kier alpha value is 0.897. The molecule has 6 nitrogen and oxygen atoms in total. The summed E-state index contributed by atoms with van der Waals surface area (Å²) in [5.41, 5.74) is 0. The van der Waals surface area contributed by atoms with Crippen LogP contribution < -0.4 is 23.8 Å². The monoisotopic (exact) mass is 210 g/mol. The summed E-state index contributed by atoms with van der Waals surface area (Å²) in [6.45, 7) is 0. The van der Waals surface area contributed by atoms with E-state index in [-0.39, 0.29) is 18.9 Å². The van der Waals surface area contributed by atoms with E-state index >= 15 is 0 Å². The molecule has 0 aliphatic rings. The van der Waals surface area contributed by atoms with Crippen LogP contribution in [0, 0.1) is 0 Å². The van der Waals surface area contributed by atoms with Crippen LogP contribution in [-0.2, 0) is 22.7 Å². The third-order valence-electron chi connectivity index (χ3n) is 0.992. The summed E-state index contributed by atoms with van der Waals surface area (Å²) in [4.78, 5) is 10.8. The zero-order chi connectivity index (χ0) is 9.12. The van der Waals surface area contributed by atoms with E-state index in [1.54, 1.807) is 0 Å². The third kappa shape index (κ3) is 2.99. The second-order valence-electron chi connectivity index (χ2n) is 1.48. The predicted octanol–water partition coefficient (Wildman–Crippen LogP) is -2.41. The van der Waals surface area contributed by atoms with E-state index in [0.717, 1.165) is 21.3 Å². The van der Waals surface area contributed by atoms with Crippen LogP contribution in [0.3, 0.4) is 0 Å². The van der Waals surface area contributed by atoms with Crippen LogP contribution >= 0.6 is 14.6 Å². The molecule has 0 amide bonds. The van der Waals surface area contributed by atoms with Gasteiger partial charge in [-0.05, 0) is 0 Å². The van der Waals surface area contributed by atoms with Crippen molar-refractivity contribution in [3.05, 3.63) is 0 Å². The van der Waals surface area contributed by atoms with Crippen molar-refractivity contribution in [3.63, 3.8) is 0 Å². The Labute approximate surface area is 82.7 Å². The second kappa shape index (κ2) is 5.59. The van der Waals surface area contributed by atoms with Gasteiger partial charge in [0.1, 0.15) is 0 Å². The molecule has 0 aliphatic carbocycles. The third-order valence-corrected chi connectivity index (χ3v) is 6.25. The molecular weight excluding hydrogens is 201 g/mol. The molecule has 0 aromatic carbocycles. The zero-order valence-electron chi connectivity index (χ0n) is 7.34. The maximum atomic E-state index is 11.1. The van der Waals surface area contributed by atoms with Crippen LogP contribution in [0.1, 0.15) is 0 Å². The molecule has 0 bridgehead atoms. The van der Waals surface area contributed by atoms with Crippen molar-refractivity contribution in [2.45, 2.75) is 0 Å². The Bertz CT molecular complexity index is 209. The molecule has 1 unspecified atom stereocenters. The minimum atomic E-state index is -4.53. The molecule has 0 saturated heterocycles. The molecule has 0 heterocycles. The maximum Gasteiger partial charge on any atom is 1.00 e. The van der Waals surface area contributed by atoms with Crippen molar-refractivity contribution in [2.24, 2.45) is 0 Å². The molecule has 0 fully saturated rings. The summed E-state index contributed by atoms with van der Waals surface area (Å²) in [7, 11) is -5.82. The molecule has 1 atom stereocenters. The van der Waals surface area contributed by atoms with Crippen LogP contribution in [-0.4, -0.2) is 21.3 Å². The molecular formula is C3H9LiO6P2. The fourth-order valence-electron chi connectivity index (χ4n) is 0.375. The van der Waals surface area contributed by atoms with Gasteiger partial charge >= 0.3 is 26.1 Å². The Morgan fingerprint density at radius 1 is 1.00 bits per heavy atom. The maximum absolute atomic E-state index is 11.1. The van der Waals surface area contributed by atoms with E-state index in [2.05, 4.69) is 13.6 Å². The van der Waals surface area contributed by atoms with Crippen LogP contribution in [0.4, 0.5) is 0 Å². The molecule has 0 aliphatic heterocycles. The standard InChI is InChI=1S/C3H10O6P2.Li/c1-7-10(4,5)11(6,8-2)9-3;/h1-3H3,(H,4,5);/q;+1/p-1. The Morgan fingerprint density at radius 2 is 1.33 bits per heavy atom. The van der Waals surface area contributed by atoms with Crippen LogP contribution in [0.5, 0.6) is 0 Å². The summed E-state index contributed by atoms with van der Waals surface area (Å²) in [6.07, 6.45) is 0. The topological polar surface area (TPSA) is 84.9 Å². The normalized spacial score (nSPS) is 16.3. The van der Waals surface area contributed by atoms with E-state index in [9.17, 15) is 14.0 Å². The fourth-order valence-corrected chi connectivity index (χ4v) is 2.92. The van der Waals surface area contributed by atoms with Gasteiger partial charge in [-0.15, -0.1) is 0 Å². The van der Waals surface area contributed by atoms with Gasteiger partial charge in [0.15, 0.2) is 0 Å². The van der Waals surface area contributed by atoms with Gasteiger partial charge in [-0.25, -0.2) is 0 Å². The largest absolute Gasteiger partial charge is 1.00 e. The summed E-state index contributed by atoms with van der Waals surface area (Å²) >= 11 is 0. The zero-order valence-corrected chi connectivity index (χ0v) is 9.13. The molecule has 12 heavy (non-hydrogen) atoms. The van der Waals surface area contributed by atoms with E-state index in [1.807, 2.05) is 0 Å². The van der Waals surface area contributed by atoms with E-state index in [0.29, 0.717) is 0 Å². The first-order valence-corrected chi connectivity index (χ1v) is 6.31. The molecule has 0 radical (unpaired) electrons. The van der Waals surface area contributed by atoms with Gasteiger partial charge in [0.05, 0.1) is 0 Å². The Kier molecular flexibility index (Phi) is 7.16. The van der Waals surface area contributed by atoms with Crippen molar-refractivity contribution in [3.8, 4) is 0 Å². The number of rotatable bonds is 4. The van der Waals surface area contributed by atoms with Gasteiger partial charge in [0, 0.05) is 21.3 Å². The molecule has 9 heteroatoms. The molecule has 68 valence electrons. The molecule has 0 rings (SSSR count). The minimum Gasteiger partial charge on any atom is -0.770 e. The predicted molar refractivity (Wildman–Crippen MR) is 36.2 cm³/mol. The minimum absolute atomic E-state index is 0. The van der Waals surface area contributed by atoms with Gasteiger partial charge in [0.25, 0.3) is 0 Å². The van der Waals surface area contributed by atoms with E-state index in [4.69, 9.17) is 0 Å². The summed E-state index contributed by atoms with van der Waals surface area (Å²) in [6, 6.07) is 0. The Balaban J connectivity index is 0. The van der Waals surface area contributed by atoms with Crippen LogP contribution in [0.2, 0.25) is 0 Å². The molecule has 0 saturated carbocycles. The first-order chi connectivity index (χ1) is 4.93. The number of hydrogen-bond donors (Lipinski definition) is 0. The fraction of sp³-hybridized carbons (Fsp3) is 1.00. The van der Waals surface area contributed by atoms with Crippen molar-refractivity contribution >= 4 is 14.6 Å². The van der Waals surface area contributed by atoms with Crippen LogP contribution in [0.25, 0.3) is 0 Å². The SMILES string of the molecule is COP(=O)([O-])P(=O)(OC)OC.[Li+]. The number of hydrogen-bond acceptors (Lipinski definition) is 6. The first-order valence-electron chi connectivity index (χ1n) is 2.52. The van der Waals surface area contributed by atoms with Gasteiger partial charge in [-0.1, -0.05) is 0 Å². The summed E-state index contributed by atoms with van der Waals surface area (Å²) < 4.78 is 34.2. The molecule has 0 spiro atoms. The van der Waals surface area contributed by atoms with Gasteiger partial charge in [0.2, 0.25) is 7.28 Å². The molecule has 0 aromatic rings. The van der Waals surface area contributed by atoms with E-state index in [1.165, 1.54) is 0 Å². The van der Waals surface area contributed by atoms with Crippen molar-refractivity contribution < 1.29 is 46.5 Å². The molecule has 0 aromatic heterocycles. The van der Waals surface area contributed by atoms with Gasteiger partial charge in [-0.3, -0.25) is 9.13 Å². The average Bonchev–Trinajstić information content (AvgIpc) is 2.02. The van der Waals surface area contributed by atoms with Gasteiger partial charge < -0.3 is 18.5 Å². The second-order valence-corrected chi connectivity index (χ2v) is 7.39.